The number of hydrogen-bond donors (Lipinski definition) is 2. The molecule has 0 saturated carbocycles. The number of benzene rings is 2. The smallest absolute Gasteiger partial charge is 0.325 e. The van der Waals surface area contributed by atoms with E-state index in [2.05, 4.69) is 10.6 Å². The Labute approximate surface area is 139 Å². The molecule has 0 saturated heterocycles. The van der Waals surface area contributed by atoms with Gasteiger partial charge in [0.1, 0.15) is 13.2 Å². The van der Waals surface area contributed by atoms with E-state index in [1.54, 1.807) is 24.3 Å². The first kappa shape index (κ1) is 17.2. The van der Waals surface area contributed by atoms with Gasteiger partial charge in [-0.15, -0.1) is 0 Å². The fraction of sp³-hybridized carbons (Fsp3) is 0.167. The van der Waals surface area contributed by atoms with Crippen molar-refractivity contribution in [1.29, 1.82) is 0 Å². The van der Waals surface area contributed by atoms with Gasteiger partial charge in [0.05, 0.1) is 0 Å². The summed E-state index contributed by atoms with van der Waals surface area (Å²) >= 11 is 0. The van der Waals surface area contributed by atoms with Crippen molar-refractivity contribution in [3.05, 3.63) is 65.7 Å². The van der Waals surface area contributed by atoms with Crippen LogP contribution in [0.4, 0.5) is 5.69 Å². The second kappa shape index (κ2) is 8.47. The van der Waals surface area contributed by atoms with Gasteiger partial charge in [0.15, 0.2) is 0 Å². The molecule has 0 atom stereocenters. The summed E-state index contributed by atoms with van der Waals surface area (Å²) in [5.74, 6) is -1.09. The van der Waals surface area contributed by atoms with Crippen LogP contribution in [0.1, 0.15) is 22.8 Å². The molecule has 2 rings (SSSR count). The lowest BCUT2D eigenvalue weighted by molar-refractivity contribution is -0.143. The zero-order valence-electron chi connectivity index (χ0n) is 13.2. The van der Waals surface area contributed by atoms with Crippen LogP contribution in [0.25, 0.3) is 0 Å². The average Bonchev–Trinajstić information content (AvgIpc) is 2.59. The largest absolute Gasteiger partial charge is 0.460 e. The monoisotopic (exact) mass is 326 g/mol. The normalized spacial score (nSPS) is 9.88. The minimum absolute atomic E-state index is 0.168. The lowest BCUT2D eigenvalue weighted by Crippen LogP contribution is -2.30. The van der Waals surface area contributed by atoms with Crippen molar-refractivity contribution in [2.24, 2.45) is 0 Å². The van der Waals surface area contributed by atoms with Crippen LogP contribution in [-0.2, 0) is 20.9 Å². The summed E-state index contributed by atoms with van der Waals surface area (Å²) in [5, 5.41) is 5.10. The maximum atomic E-state index is 12.0. The van der Waals surface area contributed by atoms with Gasteiger partial charge < -0.3 is 15.4 Å². The Kier molecular flexibility index (Phi) is 6.08. The molecular formula is C18H18N2O4. The van der Waals surface area contributed by atoms with Gasteiger partial charge in [0, 0.05) is 18.2 Å². The lowest BCUT2D eigenvalue weighted by Gasteiger charge is -2.07. The molecule has 2 aromatic rings. The SMILES string of the molecule is CC(=O)Nc1ccc(C(=O)NCC(=O)OCc2ccccc2)cc1. The summed E-state index contributed by atoms with van der Waals surface area (Å²) < 4.78 is 5.08. The first-order valence-electron chi connectivity index (χ1n) is 7.40. The highest BCUT2D eigenvalue weighted by molar-refractivity contribution is 5.96. The van der Waals surface area contributed by atoms with Crippen molar-refractivity contribution in [2.45, 2.75) is 13.5 Å². The molecular weight excluding hydrogens is 308 g/mol. The number of ether oxygens (including phenoxy) is 1. The summed E-state index contributed by atoms with van der Waals surface area (Å²) in [6.07, 6.45) is 0. The van der Waals surface area contributed by atoms with E-state index in [0.29, 0.717) is 11.3 Å². The molecule has 0 radical (unpaired) electrons. The molecule has 6 heteroatoms. The number of carbonyl (C=O) groups excluding carboxylic acids is 3. The van der Waals surface area contributed by atoms with Crippen molar-refractivity contribution in [1.82, 2.24) is 5.32 Å². The second-order valence-electron chi connectivity index (χ2n) is 5.09. The number of amides is 2. The summed E-state index contributed by atoms with van der Waals surface area (Å²) in [7, 11) is 0. The van der Waals surface area contributed by atoms with E-state index in [1.807, 2.05) is 30.3 Å². The van der Waals surface area contributed by atoms with E-state index < -0.39 is 5.97 Å². The Morgan fingerprint density at radius 3 is 2.25 bits per heavy atom. The maximum absolute atomic E-state index is 12.0. The molecule has 2 amide bonds. The number of esters is 1. The molecule has 124 valence electrons. The highest BCUT2D eigenvalue weighted by atomic mass is 16.5. The third kappa shape index (κ3) is 5.57. The van der Waals surface area contributed by atoms with E-state index in [4.69, 9.17) is 4.74 Å². The molecule has 6 nitrogen and oxygen atoms in total. The predicted octanol–water partition coefficient (Wildman–Crippen LogP) is 2.12. The fourth-order valence-corrected chi connectivity index (χ4v) is 1.95. The minimum Gasteiger partial charge on any atom is -0.460 e. The Morgan fingerprint density at radius 1 is 0.958 bits per heavy atom. The first-order chi connectivity index (χ1) is 11.5. The van der Waals surface area contributed by atoms with Crippen molar-refractivity contribution in [3.8, 4) is 0 Å². The Hall–Kier alpha value is -3.15. The Balaban J connectivity index is 1.77. The molecule has 2 aromatic carbocycles. The van der Waals surface area contributed by atoms with Crippen LogP contribution in [0.3, 0.4) is 0 Å². The number of carbonyl (C=O) groups is 3. The third-order valence-corrected chi connectivity index (χ3v) is 3.10. The van der Waals surface area contributed by atoms with Crippen molar-refractivity contribution < 1.29 is 19.1 Å². The molecule has 0 aliphatic heterocycles. The van der Waals surface area contributed by atoms with Crippen LogP contribution in [0.5, 0.6) is 0 Å². The maximum Gasteiger partial charge on any atom is 0.325 e. The predicted molar refractivity (Wildman–Crippen MR) is 89.3 cm³/mol. The van der Waals surface area contributed by atoms with Gasteiger partial charge in [-0.25, -0.2) is 0 Å². The Bertz CT molecular complexity index is 712. The molecule has 0 heterocycles. The second-order valence-corrected chi connectivity index (χ2v) is 5.09. The van der Waals surface area contributed by atoms with E-state index in [0.717, 1.165) is 5.56 Å². The molecule has 0 bridgehead atoms. The van der Waals surface area contributed by atoms with Gasteiger partial charge >= 0.3 is 5.97 Å². The molecule has 0 spiro atoms. The van der Waals surface area contributed by atoms with Crippen LogP contribution in [0, 0.1) is 0 Å². The summed E-state index contributed by atoms with van der Waals surface area (Å²) in [6.45, 7) is 1.36. The van der Waals surface area contributed by atoms with Crippen LogP contribution in [0.2, 0.25) is 0 Å². The number of nitrogens with one attached hydrogen (secondary N) is 2. The van der Waals surface area contributed by atoms with Crippen LogP contribution in [-0.4, -0.2) is 24.3 Å². The molecule has 0 unspecified atom stereocenters. The van der Waals surface area contributed by atoms with Crippen LogP contribution < -0.4 is 10.6 Å². The quantitative estimate of drug-likeness (QED) is 0.796. The van der Waals surface area contributed by atoms with E-state index in [-0.39, 0.29) is 25.0 Å². The zero-order valence-corrected chi connectivity index (χ0v) is 13.2. The van der Waals surface area contributed by atoms with Gasteiger partial charge in [-0.2, -0.15) is 0 Å². The van der Waals surface area contributed by atoms with Crippen molar-refractivity contribution >= 4 is 23.5 Å². The van der Waals surface area contributed by atoms with E-state index in [9.17, 15) is 14.4 Å². The third-order valence-electron chi connectivity index (χ3n) is 3.10. The van der Waals surface area contributed by atoms with E-state index in [1.165, 1.54) is 6.92 Å². The topological polar surface area (TPSA) is 84.5 Å². The lowest BCUT2D eigenvalue weighted by atomic mass is 10.2. The summed E-state index contributed by atoms with van der Waals surface area (Å²) in [5.41, 5.74) is 1.87. The zero-order chi connectivity index (χ0) is 17.4. The number of hydrogen-bond acceptors (Lipinski definition) is 4. The number of anilines is 1. The summed E-state index contributed by atoms with van der Waals surface area (Å²) in [6, 6.07) is 15.7. The van der Waals surface area contributed by atoms with Crippen molar-refractivity contribution in [2.75, 3.05) is 11.9 Å². The highest BCUT2D eigenvalue weighted by Crippen LogP contribution is 2.09. The minimum atomic E-state index is -0.512. The van der Waals surface area contributed by atoms with Gasteiger partial charge in [0.25, 0.3) is 5.91 Å². The van der Waals surface area contributed by atoms with E-state index >= 15 is 0 Å². The summed E-state index contributed by atoms with van der Waals surface area (Å²) in [4.78, 5) is 34.5. The van der Waals surface area contributed by atoms with Crippen LogP contribution >= 0.6 is 0 Å². The fourth-order valence-electron chi connectivity index (χ4n) is 1.95. The molecule has 24 heavy (non-hydrogen) atoms. The highest BCUT2D eigenvalue weighted by Gasteiger charge is 2.09. The molecule has 0 fully saturated rings. The van der Waals surface area contributed by atoms with Gasteiger partial charge in [-0.1, -0.05) is 30.3 Å². The molecule has 0 aliphatic rings. The van der Waals surface area contributed by atoms with Crippen molar-refractivity contribution in [3.63, 3.8) is 0 Å². The molecule has 2 N–H and O–H groups in total. The van der Waals surface area contributed by atoms with Gasteiger partial charge in [0.2, 0.25) is 5.91 Å². The number of rotatable bonds is 6. The molecule has 0 aromatic heterocycles. The Morgan fingerprint density at radius 2 is 1.62 bits per heavy atom. The van der Waals surface area contributed by atoms with Crippen LogP contribution in [0.15, 0.2) is 54.6 Å². The first-order valence-corrected chi connectivity index (χ1v) is 7.40. The molecule has 0 aliphatic carbocycles. The average molecular weight is 326 g/mol. The van der Waals surface area contributed by atoms with Gasteiger partial charge in [-0.05, 0) is 29.8 Å². The van der Waals surface area contributed by atoms with Gasteiger partial charge in [-0.3, -0.25) is 14.4 Å². The standard InChI is InChI=1S/C18H18N2O4/c1-13(21)20-16-9-7-15(8-10-16)18(23)19-11-17(22)24-12-14-5-3-2-4-6-14/h2-10H,11-12H2,1H3,(H,19,23)(H,20,21).